The number of carbonyl (C=O) groups is 1. The molecule has 3 saturated heterocycles. The Morgan fingerprint density at radius 2 is 0.787 bits per heavy atom. The maximum atomic E-state index is 13.3. The van der Waals surface area contributed by atoms with Crippen LogP contribution in [0.3, 0.4) is 0 Å². The fraction of sp³-hybridized carbons (Fsp3) is 0.918. The van der Waals surface area contributed by atoms with Gasteiger partial charge in [0, 0.05) is 6.42 Å². The second-order valence-electron chi connectivity index (χ2n) is 22.9. The number of carbonyl (C=O) groups excluding carboxylic acids is 1. The summed E-state index contributed by atoms with van der Waals surface area (Å²) in [5.41, 5.74) is 0. The van der Waals surface area contributed by atoms with Crippen molar-refractivity contribution in [1.82, 2.24) is 5.32 Å². The Bertz CT molecular complexity index is 1560. The molecule has 3 aliphatic rings. The summed E-state index contributed by atoms with van der Waals surface area (Å²) in [6, 6.07) is -0.974. The zero-order valence-corrected chi connectivity index (χ0v) is 49.1. The molecule has 0 aromatic rings. The van der Waals surface area contributed by atoms with E-state index in [1.54, 1.807) is 6.08 Å². The highest BCUT2D eigenvalue weighted by molar-refractivity contribution is 5.76. The van der Waals surface area contributed by atoms with E-state index in [1.807, 2.05) is 6.08 Å². The molecular formula is C61H113NO18. The molecular weight excluding hydrogens is 1030 g/mol. The van der Waals surface area contributed by atoms with Crippen molar-refractivity contribution in [3.05, 3.63) is 24.3 Å². The number of aliphatic hydroxyl groups is 11. The molecule has 470 valence electrons. The van der Waals surface area contributed by atoms with Crippen molar-refractivity contribution in [3.63, 3.8) is 0 Å². The van der Waals surface area contributed by atoms with E-state index in [2.05, 4.69) is 31.3 Å². The summed E-state index contributed by atoms with van der Waals surface area (Å²) in [5.74, 6) is -0.285. The molecule has 0 aromatic carbocycles. The molecule has 3 fully saturated rings. The van der Waals surface area contributed by atoms with Crippen molar-refractivity contribution in [2.45, 2.75) is 330 Å². The van der Waals surface area contributed by atoms with Crippen LogP contribution in [-0.2, 0) is 33.2 Å². The predicted octanol–water partition coefficient (Wildman–Crippen LogP) is 6.32. The second-order valence-corrected chi connectivity index (χ2v) is 22.9. The topological polar surface area (TPSA) is 307 Å². The van der Waals surface area contributed by atoms with Crippen molar-refractivity contribution in [2.75, 3.05) is 26.4 Å². The lowest BCUT2D eigenvalue weighted by Crippen LogP contribution is -2.66. The summed E-state index contributed by atoms with van der Waals surface area (Å²) in [6.45, 7) is 1.70. The van der Waals surface area contributed by atoms with Crippen LogP contribution in [0.4, 0.5) is 0 Å². The Hall–Kier alpha value is -1.73. The van der Waals surface area contributed by atoms with E-state index < -0.39 is 124 Å². The van der Waals surface area contributed by atoms with E-state index in [9.17, 15) is 61.0 Å². The number of aliphatic hydroxyl groups excluding tert-OH is 11. The molecule has 1 amide bonds. The average molecular weight is 1150 g/mol. The summed E-state index contributed by atoms with van der Waals surface area (Å²) in [5, 5.41) is 120. The van der Waals surface area contributed by atoms with Gasteiger partial charge in [0.25, 0.3) is 0 Å². The van der Waals surface area contributed by atoms with Gasteiger partial charge in [-0.3, -0.25) is 4.79 Å². The SMILES string of the molecule is CCCCC/C=C\CCCCCCCC(=O)NC(COC1OC(CO)C(OC2OC(CO)C(OC3OC(CO)C(O)C(O)C3O)C(O)C2O)C(O)C1O)C(O)/C=C/CCCCCCCCCCCCCCCCCCCCCCC. The predicted molar refractivity (Wildman–Crippen MR) is 305 cm³/mol. The highest BCUT2D eigenvalue weighted by Gasteiger charge is 2.53. The summed E-state index contributed by atoms with van der Waals surface area (Å²) < 4.78 is 34.2. The first-order valence-corrected chi connectivity index (χ1v) is 31.6. The minimum Gasteiger partial charge on any atom is -0.394 e. The monoisotopic (exact) mass is 1150 g/mol. The van der Waals surface area contributed by atoms with Crippen LogP contribution in [0.25, 0.3) is 0 Å². The second kappa shape index (κ2) is 44.7. The molecule has 0 bridgehead atoms. The molecule has 3 aliphatic heterocycles. The number of hydrogen-bond donors (Lipinski definition) is 12. The number of amides is 1. The number of hydrogen-bond acceptors (Lipinski definition) is 18. The number of ether oxygens (including phenoxy) is 6. The first kappa shape index (κ1) is 72.5. The van der Waals surface area contributed by atoms with Gasteiger partial charge in [-0.05, 0) is 44.9 Å². The third kappa shape index (κ3) is 28.0. The van der Waals surface area contributed by atoms with E-state index in [-0.39, 0.29) is 18.9 Å². The Morgan fingerprint density at radius 3 is 1.24 bits per heavy atom. The molecule has 0 saturated carbocycles. The van der Waals surface area contributed by atoms with Gasteiger partial charge in [-0.1, -0.05) is 199 Å². The molecule has 19 nitrogen and oxygen atoms in total. The fourth-order valence-corrected chi connectivity index (χ4v) is 10.8. The smallest absolute Gasteiger partial charge is 0.220 e. The standard InChI is InChI=1S/C61H113NO18/c1-3-5-7-9-11-13-15-17-18-19-20-21-22-23-24-25-26-27-28-30-32-34-36-38-45(66)44(62-49(67)39-37-35-33-31-29-16-14-12-10-8-6-4-2)43-75-59-55(73)52(70)57(47(41-64)77-59)80-61-56(74)53(71)58(48(42-65)78-61)79-60-54(72)51(69)50(68)46(40-63)76-60/h12,14,36,38,44-48,50-61,63-66,68-74H,3-11,13,15-35,37,39-43H2,1-2H3,(H,62,67)/b14-12-,38-36+. The molecule has 0 spiro atoms. The molecule has 0 radical (unpaired) electrons. The van der Waals surface area contributed by atoms with Crippen molar-refractivity contribution in [1.29, 1.82) is 0 Å². The van der Waals surface area contributed by atoms with Gasteiger partial charge in [0.1, 0.15) is 73.2 Å². The van der Waals surface area contributed by atoms with Crippen molar-refractivity contribution < 1.29 is 89.4 Å². The van der Waals surface area contributed by atoms with E-state index in [0.717, 1.165) is 64.2 Å². The third-order valence-electron chi connectivity index (χ3n) is 16.0. The molecule has 17 unspecified atom stereocenters. The van der Waals surface area contributed by atoms with Gasteiger partial charge < -0.3 is 89.9 Å². The minimum absolute atomic E-state index is 0.234. The van der Waals surface area contributed by atoms with Crippen LogP contribution < -0.4 is 5.32 Å². The van der Waals surface area contributed by atoms with Gasteiger partial charge >= 0.3 is 0 Å². The molecule has 19 heteroatoms. The third-order valence-corrected chi connectivity index (χ3v) is 16.0. The van der Waals surface area contributed by atoms with Gasteiger partial charge in [-0.15, -0.1) is 0 Å². The normalized spacial score (nSPS) is 30.1. The highest BCUT2D eigenvalue weighted by atomic mass is 16.8. The molecule has 3 heterocycles. The Kier molecular flexibility index (Phi) is 40.5. The Morgan fingerprint density at radius 1 is 0.438 bits per heavy atom. The first-order valence-electron chi connectivity index (χ1n) is 31.6. The van der Waals surface area contributed by atoms with Crippen LogP contribution in [-0.4, -0.2) is 193 Å². The molecule has 0 aliphatic carbocycles. The number of rotatable bonds is 47. The zero-order chi connectivity index (χ0) is 58.3. The van der Waals surface area contributed by atoms with Crippen LogP contribution in [0.15, 0.2) is 24.3 Å². The summed E-state index contributed by atoms with van der Waals surface area (Å²) in [4.78, 5) is 13.3. The van der Waals surface area contributed by atoms with Crippen LogP contribution in [0.1, 0.15) is 226 Å². The lowest BCUT2D eigenvalue weighted by molar-refractivity contribution is -0.379. The van der Waals surface area contributed by atoms with Gasteiger partial charge in [0.05, 0.1) is 38.6 Å². The largest absolute Gasteiger partial charge is 0.394 e. The van der Waals surface area contributed by atoms with E-state index in [1.165, 1.54) is 135 Å². The minimum atomic E-state index is -1.98. The van der Waals surface area contributed by atoms with E-state index in [4.69, 9.17) is 28.4 Å². The summed E-state index contributed by atoms with van der Waals surface area (Å²) in [7, 11) is 0. The Labute approximate surface area is 479 Å². The van der Waals surface area contributed by atoms with E-state index in [0.29, 0.717) is 6.42 Å². The number of unbranched alkanes of at least 4 members (excludes halogenated alkanes) is 29. The van der Waals surface area contributed by atoms with Crippen LogP contribution in [0.2, 0.25) is 0 Å². The van der Waals surface area contributed by atoms with Crippen molar-refractivity contribution in [3.8, 4) is 0 Å². The lowest BCUT2D eigenvalue weighted by Gasteiger charge is -2.48. The van der Waals surface area contributed by atoms with E-state index >= 15 is 0 Å². The fourth-order valence-electron chi connectivity index (χ4n) is 10.8. The zero-order valence-electron chi connectivity index (χ0n) is 49.1. The van der Waals surface area contributed by atoms with Gasteiger partial charge in [0.15, 0.2) is 18.9 Å². The van der Waals surface area contributed by atoms with Gasteiger partial charge in [-0.2, -0.15) is 0 Å². The van der Waals surface area contributed by atoms with Crippen molar-refractivity contribution >= 4 is 5.91 Å². The maximum Gasteiger partial charge on any atom is 0.220 e. The number of nitrogens with one attached hydrogen (secondary N) is 1. The summed E-state index contributed by atoms with van der Waals surface area (Å²) >= 11 is 0. The first-order chi connectivity index (χ1) is 38.8. The summed E-state index contributed by atoms with van der Waals surface area (Å²) in [6.07, 6.45) is 20.2. The Balaban J connectivity index is 1.47. The molecule has 17 atom stereocenters. The molecule has 12 N–H and O–H groups in total. The van der Waals surface area contributed by atoms with Crippen LogP contribution in [0.5, 0.6) is 0 Å². The average Bonchev–Trinajstić information content (AvgIpc) is 3.56. The maximum absolute atomic E-state index is 13.3. The van der Waals surface area contributed by atoms with Gasteiger partial charge in [-0.25, -0.2) is 0 Å². The number of allylic oxidation sites excluding steroid dienone is 3. The molecule has 80 heavy (non-hydrogen) atoms. The van der Waals surface area contributed by atoms with Crippen molar-refractivity contribution in [2.24, 2.45) is 0 Å². The quantitative estimate of drug-likeness (QED) is 0.0234. The van der Waals surface area contributed by atoms with Gasteiger partial charge in [0.2, 0.25) is 5.91 Å². The lowest BCUT2D eigenvalue weighted by atomic mass is 9.96. The molecule has 3 rings (SSSR count). The highest BCUT2D eigenvalue weighted by Crippen LogP contribution is 2.33. The van der Waals surface area contributed by atoms with Crippen LogP contribution in [0, 0.1) is 0 Å². The molecule has 0 aromatic heterocycles. The van der Waals surface area contributed by atoms with Crippen LogP contribution >= 0.6 is 0 Å².